The van der Waals surface area contributed by atoms with E-state index in [2.05, 4.69) is 22.3 Å². The lowest BCUT2D eigenvalue weighted by molar-refractivity contribution is -0.00404. The molecule has 1 saturated heterocycles. The van der Waals surface area contributed by atoms with Crippen LogP contribution in [0.25, 0.3) is 0 Å². The monoisotopic (exact) mass is 337 g/mol. The van der Waals surface area contributed by atoms with Crippen LogP contribution in [0.5, 0.6) is 0 Å². The highest BCUT2D eigenvalue weighted by Crippen LogP contribution is 2.28. The number of aryl methyl sites for hydroxylation is 3. The van der Waals surface area contributed by atoms with Crippen LogP contribution in [0.1, 0.15) is 42.8 Å². The van der Waals surface area contributed by atoms with Crippen LogP contribution in [0.3, 0.4) is 0 Å². The van der Waals surface area contributed by atoms with Crippen LogP contribution in [0.4, 0.5) is 0 Å². The fourth-order valence-corrected chi connectivity index (χ4v) is 3.38. The zero-order valence-corrected chi connectivity index (χ0v) is 14.7. The van der Waals surface area contributed by atoms with Crippen molar-refractivity contribution in [2.75, 3.05) is 6.61 Å². The molecule has 1 aliphatic rings. The van der Waals surface area contributed by atoms with Crippen LogP contribution in [-0.2, 0) is 31.8 Å². The zero-order chi connectivity index (χ0) is 16.4. The van der Waals surface area contributed by atoms with Crippen molar-refractivity contribution in [3.8, 4) is 0 Å². The van der Waals surface area contributed by atoms with E-state index in [1.165, 1.54) is 0 Å². The molecule has 126 valence electrons. The maximum Gasteiger partial charge on any atom is 0.131 e. The smallest absolute Gasteiger partial charge is 0.131 e. The lowest BCUT2D eigenvalue weighted by atomic mass is 10.0. The van der Waals surface area contributed by atoms with Crippen LogP contribution in [-0.4, -0.2) is 32.0 Å². The van der Waals surface area contributed by atoms with E-state index >= 15 is 0 Å². The lowest BCUT2D eigenvalue weighted by Crippen LogP contribution is -2.36. The largest absolute Gasteiger partial charge is 0.372 e. The van der Waals surface area contributed by atoms with E-state index in [9.17, 15) is 0 Å². The van der Waals surface area contributed by atoms with Gasteiger partial charge < -0.3 is 14.6 Å². The van der Waals surface area contributed by atoms with E-state index in [1.807, 2.05) is 31.2 Å². The van der Waals surface area contributed by atoms with E-state index < -0.39 is 0 Å². The molecule has 0 unspecified atom stereocenters. The molecular weight excluding hydrogens is 314 g/mol. The van der Waals surface area contributed by atoms with Gasteiger partial charge in [-0.15, -0.1) is 0 Å². The molecule has 2 aromatic rings. The van der Waals surface area contributed by atoms with Gasteiger partial charge in [0.1, 0.15) is 11.3 Å². The van der Waals surface area contributed by atoms with Gasteiger partial charge in [-0.3, -0.25) is 4.68 Å². The third-order valence-corrected chi connectivity index (χ3v) is 5.00. The molecule has 0 aromatic carbocycles. The van der Waals surface area contributed by atoms with Crippen molar-refractivity contribution in [3.63, 3.8) is 0 Å². The summed E-state index contributed by atoms with van der Waals surface area (Å²) in [6.07, 6.45) is 6.65. The third kappa shape index (κ3) is 3.44. The Labute approximate surface area is 141 Å². The van der Waals surface area contributed by atoms with E-state index in [4.69, 9.17) is 16.3 Å². The van der Waals surface area contributed by atoms with Crippen molar-refractivity contribution in [1.29, 1.82) is 0 Å². The lowest BCUT2D eigenvalue weighted by Gasteiger charge is -2.30. The van der Waals surface area contributed by atoms with Crippen molar-refractivity contribution in [2.24, 2.45) is 14.1 Å². The van der Waals surface area contributed by atoms with Crippen molar-refractivity contribution in [2.45, 2.75) is 44.9 Å². The molecule has 0 saturated carbocycles. The van der Waals surface area contributed by atoms with Gasteiger partial charge in [-0.1, -0.05) is 18.5 Å². The molecule has 0 spiro atoms. The number of aromatic nitrogens is 4. The number of halogens is 1. The molecule has 1 aliphatic heterocycles. The summed E-state index contributed by atoms with van der Waals surface area (Å²) >= 11 is 6.37. The Hall–Kier alpha value is -1.37. The molecule has 7 heteroatoms. The molecule has 3 rings (SSSR count). The Morgan fingerprint density at radius 2 is 2.26 bits per heavy atom. The average molecular weight is 338 g/mol. The fraction of sp³-hybridized carbons (Fsp3) is 0.625. The highest BCUT2D eigenvalue weighted by Gasteiger charge is 2.26. The van der Waals surface area contributed by atoms with Gasteiger partial charge in [-0.2, -0.15) is 5.10 Å². The topological polar surface area (TPSA) is 56.9 Å². The number of nitrogens with one attached hydrogen (secondary N) is 1. The van der Waals surface area contributed by atoms with Gasteiger partial charge in [-0.05, 0) is 19.3 Å². The van der Waals surface area contributed by atoms with Crippen molar-refractivity contribution in [1.82, 2.24) is 24.6 Å². The van der Waals surface area contributed by atoms with Gasteiger partial charge >= 0.3 is 0 Å². The second kappa shape index (κ2) is 7.03. The molecule has 1 N–H and O–H groups in total. The first kappa shape index (κ1) is 16.5. The van der Waals surface area contributed by atoms with Crippen LogP contribution < -0.4 is 5.32 Å². The molecule has 3 heterocycles. The minimum absolute atomic E-state index is 0.101. The van der Waals surface area contributed by atoms with Gasteiger partial charge in [0.25, 0.3) is 0 Å². The SMILES string of the molecule is CCc1nn(C)c(Cl)c1CN[C@H]1CCO[C@@H](c2cncn2C)C1. The van der Waals surface area contributed by atoms with E-state index in [0.717, 1.165) is 54.5 Å². The van der Waals surface area contributed by atoms with Crippen LogP contribution >= 0.6 is 11.6 Å². The molecule has 6 nitrogen and oxygen atoms in total. The molecule has 0 radical (unpaired) electrons. The second-order valence-corrected chi connectivity index (χ2v) is 6.44. The Morgan fingerprint density at radius 3 is 2.96 bits per heavy atom. The molecule has 23 heavy (non-hydrogen) atoms. The van der Waals surface area contributed by atoms with Crippen molar-refractivity contribution >= 4 is 11.6 Å². The predicted octanol–water partition coefficient (Wildman–Crippen LogP) is 2.38. The molecule has 0 amide bonds. The molecule has 2 aromatic heterocycles. The van der Waals surface area contributed by atoms with Crippen LogP contribution in [0.2, 0.25) is 5.15 Å². The van der Waals surface area contributed by atoms with E-state index in [1.54, 1.807) is 4.68 Å². The molecule has 2 atom stereocenters. The highest BCUT2D eigenvalue weighted by atomic mass is 35.5. The van der Waals surface area contributed by atoms with Gasteiger partial charge in [0.15, 0.2) is 0 Å². The Balaban J connectivity index is 1.64. The first-order valence-corrected chi connectivity index (χ1v) is 8.49. The van der Waals surface area contributed by atoms with Crippen molar-refractivity contribution < 1.29 is 4.74 Å². The highest BCUT2D eigenvalue weighted by molar-refractivity contribution is 6.30. The summed E-state index contributed by atoms with van der Waals surface area (Å²) in [5, 5.41) is 8.83. The maximum atomic E-state index is 6.37. The maximum absolute atomic E-state index is 6.37. The first-order chi connectivity index (χ1) is 11.1. The van der Waals surface area contributed by atoms with Gasteiger partial charge in [0, 0.05) is 38.9 Å². The minimum Gasteiger partial charge on any atom is -0.372 e. The van der Waals surface area contributed by atoms with Gasteiger partial charge in [0.05, 0.1) is 23.9 Å². The third-order valence-electron chi connectivity index (χ3n) is 4.52. The van der Waals surface area contributed by atoms with Crippen LogP contribution in [0, 0.1) is 0 Å². The second-order valence-electron chi connectivity index (χ2n) is 6.08. The number of hydrogen-bond donors (Lipinski definition) is 1. The van der Waals surface area contributed by atoms with E-state index in [-0.39, 0.29) is 6.10 Å². The summed E-state index contributed by atoms with van der Waals surface area (Å²) < 4.78 is 9.69. The summed E-state index contributed by atoms with van der Waals surface area (Å²) in [7, 11) is 3.89. The number of ether oxygens (including phenoxy) is 1. The Bertz CT molecular complexity index is 665. The number of nitrogens with zero attached hydrogens (tertiary/aromatic N) is 4. The summed E-state index contributed by atoms with van der Waals surface area (Å²) in [5.74, 6) is 0. The van der Waals surface area contributed by atoms with Gasteiger partial charge in [0.2, 0.25) is 0 Å². The molecule has 1 fully saturated rings. The number of hydrogen-bond acceptors (Lipinski definition) is 4. The Morgan fingerprint density at radius 1 is 1.43 bits per heavy atom. The summed E-state index contributed by atoms with van der Waals surface area (Å²) in [6.45, 7) is 3.61. The molecule has 0 bridgehead atoms. The average Bonchev–Trinajstić information content (AvgIpc) is 3.10. The summed E-state index contributed by atoms with van der Waals surface area (Å²) in [6, 6.07) is 0.407. The van der Waals surface area contributed by atoms with Crippen LogP contribution in [0.15, 0.2) is 12.5 Å². The fourth-order valence-electron chi connectivity index (χ4n) is 3.17. The molecular formula is C16H24ClN5O. The number of imidazole rings is 1. The normalized spacial score (nSPS) is 21.7. The molecule has 0 aliphatic carbocycles. The summed E-state index contributed by atoms with van der Waals surface area (Å²) in [4.78, 5) is 4.19. The predicted molar refractivity (Wildman–Crippen MR) is 89.4 cm³/mol. The van der Waals surface area contributed by atoms with Crippen molar-refractivity contribution in [3.05, 3.63) is 34.6 Å². The van der Waals surface area contributed by atoms with E-state index in [0.29, 0.717) is 6.04 Å². The summed E-state index contributed by atoms with van der Waals surface area (Å²) in [5.41, 5.74) is 3.31. The Kier molecular flexibility index (Phi) is 5.04. The minimum atomic E-state index is 0.101. The first-order valence-electron chi connectivity index (χ1n) is 8.11. The quantitative estimate of drug-likeness (QED) is 0.910. The zero-order valence-electron chi connectivity index (χ0n) is 13.9. The standard InChI is InChI=1S/C16H24ClN5O/c1-4-13-12(16(17)22(3)20-13)8-19-11-5-6-23-15(7-11)14-9-18-10-21(14)2/h9-11,15,19H,4-8H2,1-3H3/t11-,15+/m0/s1. The van der Waals surface area contributed by atoms with Gasteiger partial charge in [-0.25, -0.2) is 4.98 Å². The number of rotatable bonds is 5.